The third-order valence-electron chi connectivity index (χ3n) is 4.47. The zero-order valence-corrected chi connectivity index (χ0v) is 16.9. The molecule has 6 nitrogen and oxygen atoms in total. The van der Waals surface area contributed by atoms with Crippen LogP contribution in [0.5, 0.6) is 5.75 Å². The zero-order chi connectivity index (χ0) is 20.0. The lowest BCUT2D eigenvalue weighted by Crippen LogP contribution is -2.39. The van der Waals surface area contributed by atoms with Crippen molar-refractivity contribution in [1.29, 1.82) is 0 Å². The molecule has 1 atom stereocenters. The lowest BCUT2D eigenvalue weighted by atomic mass is 10.1. The van der Waals surface area contributed by atoms with Crippen molar-refractivity contribution in [3.63, 3.8) is 0 Å². The molecule has 1 unspecified atom stereocenters. The van der Waals surface area contributed by atoms with Crippen LogP contribution in [0, 0.1) is 6.92 Å². The van der Waals surface area contributed by atoms with Crippen molar-refractivity contribution >= 4 is 15.9 Å². The van der Waals surface area contributed by atoms with Crippen LogP contribution in [-0.2, 0) is 14.8 Å². The second-order valence-electron chi connectivity index (χ2n) is 6.33. The Morgan fingerprint density at radius 2 is 1.85 bits per heavy atom. The molecule has 0 spiro atoms. The van der Waals surface area contributed by atoms with Gasteiger partial charge in [-0.1, -0.05) is 30.3 Å². The van der Waals surface area contributed by atoms with Crippen LogP contribution in [0.25, 0.3) is 0 Å². The van der Waals surface area contributed by atoms with Gasteiger partial charge in [0.05, 0.1) is 18.0 Å². The summed E-state index contributed by atoms with van der Waals surface area (Å²) in [6.45, 7) is 5.54. The first-order valence-corrected chi connectivity index (χ1v) is 10.2. The second kappa shape index (κ2) is 9.01. The maximum Gasteiger partial charge on any atom is 0.240 e. The number of carbonyl (C=O) groups excluding carboxylic acids is 1. The molecule has 0 heterocycles. The molecule has 2 aromatic carbocycles. The maximum absolute atomic E-state index is 12.6. The summed E-state index contributed by atoms with van der Waals surface area (Å²) in [5, 5.41) is 0. The summed E-state index contributed by atoms with van der Waals surface area (Å²) in [4.78, 5) is 13.9. The zero-order valence-electron chi connectivity index (χ0n) is 16.1. The van der Waals surface area contributed by atoms with Crippen LogP contribution < -0.4 is 9.46 Å². The summed E-state index contributed by atoms with van der Waals surface area (Å²) in [6, 6.07) is 14.3. The van der Waals surface area contributed by atoms with E-state index in [1.165, 1.54) is 20.1 Å². The highest BCUT2D eigenvalue weighted by atomic mass is 32.2. The number of hydrogen-bond donors (Lipinski definition) is 1. The molecule has 0 aromatic heterocycles. The van der Waals surface area contributed by atoms with Crippen molar-refractivity contribution in [3.05, 3.63) is 59.7 Å². The van der Waals surface area contributed by atoms with Crippen LogP contribution in [0.4, 0.5) is 0 Å². The van der Waals surface area contributed by atoms with E-state index in [2.05, 4.69) is 4.72 Å². The third-order valence-corrected chi connectivity index (χ3v) is 6.09. The van der Waals surface area contributed by atoms with Crippen LogP contribution in [0.3, 0.4) is 0 Å². The van der Waals surface area contributed by atoms with E-state index in [-0.39, 0.29) is 29.9 Å². The molecular formula is C20H26N2O4S. The van der Waals surface area contributed by atoms with Crippen molar-refractivity contribution in [2.75, 3.05) is 20.2 Å². The quantitative estimate of drug-likeness (QED) is 0.752. The Hall–Kier alpha value is -2.38. The minimum atomic E-state index is -3.67. The maximum atomic E-state index is 12.6. The molecule has 0 aliphatic rings. The van der Waals surface area contributed by atoms with Gasteiger partial charge in [-0.05, 0) is 43.2 Å². The van der Waals surface area contributed by atoms with Gasteiger partial charge in [-0.25, -0.2) is 13.1 Å². The van der Waals surface area contributed by atoms with Crippen LogP contribution in [0.2, 0.25) is 0 Å². The lowest BCUT2D eigenvalue weighted by Gasteiger charge is -2.28. The minimum Gasteiger partial charge on any atom is -0.497 e. The SMILES string of the molecule is COc1ccc(S(=O)(=O)NCCN(C(C)=O)C(C)c2ccccc2)c(C)c1. The molecule has 0 fully saturated rings. The van der Waals surface area contributed by atoms with Gasteiger partial charge in [0.15, 0.2) is 0 Å². The topological polar surface area (TPSA) is 75.7 Å². The Labute approximate surface area is 161 Å². The standard InChI is InChI=1S/C20H26N2O4S/c1-15-14-19(26-4)10-11-20(15)27(24,25)21-12-13-22(17(3)23)16(2)18-8-6-5-7-9-18/h5-11,14,16,21H,12-13H2,1-4H3. The number of carbonyl (C=O) groups is 1. The highest BCUT2D eigenvalue weighted by Crippen LogP contribution is 2.22. The molecule has 1 amide bonds. The smallest absolute Gasteiger partial charge is 0.240 e. The fourth-order valence-electron chi connectivity index (χ4n) is 2.96. The molecule has 0 saturated heterocycles. The Morgan fingerprint density at radius 3 is 2.41 bits per heavy atom. The molecule has 2 aromatic rings. The highest BCUT2D eigenvalue weighted by Gasteiger charge is 2.21. The first-order valence-electron chi connectivity index (χ1n) is 8.72. The Kier molecular flexibility index (Phi) is 6.98. The molecule has 0 bridgehead atoms. The molecule has 1 N–H and O–H groups in total. The number of nitrogens with one attached hydrogen (secondary N) is 1. The van der Waals surface area contributed by atoms with Crippen LogP contribution in [0.1, 0.15) is 31.0 Å². The van der Waals surface area contributed by atoms with Gasteiger partial charge in [0.2, 0.25) is 15.9 Å². The fourth-order valence-corrected chi connectivity index (χ4v) is 4.21. The summed E-state index contributed by atoms with van der Waals surface area (Å²) >= 11 is 0. The van der Waals surface area contributed by atoms with Crippen LogP contribution >= 0.6 is 0 Å². The highest BCUT2D eigenvalue weighted by molar-refractivity contribution is 7.89. The van der Waals surface area contributed by atoms with E-state index in [4.69, 9.17) is 4.74 Å². The van der Waals surface area contributed by atoms with Gasteiger partial charge in [-0.15, -0.1) is 0 Å². The molecular weight excluding hydrogens is 364 g/mol. The number of benzene rings is 2. The molecule has 0 saturated carbocycles. The summed E-state index contributed by atoms with van der Waals surface area (Å²) in [6.07, 6.45) is 0. The summed E-state index contributed by atoms with van der Waals surface area (Å²) < 4.78 is 32.9. The van der Waals surface area contributed by atoms with E-state index >= 15 is 0 Å². The number of methoxy groups -OCH3 is 1. The first-order chi connectivity index (χ1) is 12.8. The van der Waals surface area contributed by atoms with Crippen molar-refractivity contribution in [3.8, 4) is 5.75 Å². The second-order valence-corrected chi connectivity index (χ2v) is 8.06. The van der Waals surface area contributed by atoms with Crippen LogP contribution in [-0.4, -0.2) is 39.4 Å². The lowest BCUT2D eigenvalue weighted by molar-refractivity contribution is -0.130. The average molecular weight is 391 g/mol. The van der Waals surface area contributed by atoms with E-state index in [0.29, 0.717) is 11.3 Å². The Morgan fingerprint density at radius 1 is 1.19 bits per heavy atom. The van der Waals surface area contributed by atoms with Gasteiger partial charge < -0.3 is 9.64 Å². The molecule has 7 heteroatoms. The Balaban J connectivity index is 2.07. The predicted octanol–water partition coefficient (Wildman–Crippen LogP) is 2.89. The third kappa shape index (κ3) is 5.30. The van der Waals surface area contributed by atoms with Gasteiger partial charge in [-0.2, -0.15) is 0 Å². The largest absolute Gasteiger partial charge is 0.497 e. The normalized spacial score (nSPS) is 12.4. The fraction of sp³-hybridized carbons (Fsp3) is 0.350. The monoisotopic (exact) mass is 390 g/mol. The summed E-state index contributed by atoms with van der Waals surface area (Å²) in [7, 11) is -2.14. The van der Waals surface area contributed by atoms with Crippen molar-refractivity contribution < 1.29 is 17.9 Å². The van der Waals surface area contributed by atoms with Crippen molar-refractivity contribution in [2.45, 2.75) is 31.7 Å². The van der Waals surface area contributed by atoms with Crippen molar-refractivity contribution in [2.24, 2.45) is 0 Å². The average Bonchev–Trinajstić information content (AvgIpc) is 2.64. The molecule has 0 aliphatic carbocycles. The predicted molar refractivity (Wildman–Crippen MR) is 105 cm³/mol. The number of hydrogen-bond acceptors (Lipinski definition) is 4. The van der Waals surface area contributed by atoms with E-state index in [0.717, 1.165) is 5.56 Å². The molecule has 2 rings (SSSR count). The first kappa shape index (κ1) is 20.9. The van der Waals surface area contributed by atoms with E-state index in [9.17, 15) is 13.2 Å². The molecule has 146 valence electrons. The number of rotatable bonds is 8. The summed E-state index contributed by atoms with van der Waals surface area (Å²) in [5.74, 6) is 0.497. The van der Waals surface area contributed by atoms with Gasteiger partial charge >= 0.3 is 0 Å². The Bertz CT molecular complexity index is 882. The number of ether oxygens (including phenoxy) is 1. The summed E-state index contributed by atoms with van der Waals surface area (Å²) in [5.41, 5.74) is 1.60. The van der Waals surface area contributed by atoms with E-state index in [1.807, 2.05) is 37.3 Å². The van der Waals surface area contributed by atoms with Crippen molar-refractivity contribution in [1.82, 2.24) is 9.62 Å². The van der Waals surface area contributed by atoms with Gasteiger partial charge in [0, 0.05) is 20.0 Å². The van der Waals surface area contributed by atoms with Crippen LogP contribution in [0.15, 0.2) is 53.4 Å². The molecule has 0 aliphatic heterocycles. The molecule has 27 heavy (non-hydrogen) atoms. The number of aryl methyl sites for hydroxylation is 1. The number of nitrogens with zero attached hydrogens (tertiary/aromatic N) is 1. The van der Waals surface area contributed by atoms with Gasteiger partial charge in [0.1, 0.15) is 5.75 Å². The van der Waals surface area contributed by atoms with E-state index in [1.54, 1.807) is 24.0 Å². The van der Waals surface area contributed by atoms with E-state index < -0.39 is 10.0 Å². The number of sulfonamides is 1. The molecule has 0 radical (unpaired) electrons. The minimum absolute atomic E-state index is 0.105. The number of amides is 1. The van der Waals surface area contributed by atoms with Gasteiger partial charge in [0.25, 0.3) is 0 Å². The van der Waals surface area contributed by atoms with Gasteiger partial charge in [-0.3, -0.25) is 4.79 Å².